The number of amides is 2. The van der Waals surface area contributed by atoms with E-state index in [0.29, 0.717) is 72.0 Å². The van der Waals surface area contributed by atoms with E-state index in [1.54, 1.807) is 60.2 Å². The Morgan fingerprint density at radius 2 is 0.970 bits per heavy atom. The summed E-state index contributed by atoms with van der Waals surface area (Å²) < 4.78 is 55.0. The fourth-order valence-electron chi connectivity index (χ4n) is 9.42. The van der Waals surface area contributed by atoms with Crippen LogP contribution in [0.15, 0.2) is 61.4 Å². The molecule has 4 fully saturated rings. The lowest BCUT2D eigenvalue weighted by Gasteiger charge is -2.42. The van der Waals surface area contributed by atoms with Crippen molar-refractivity contribution in [1.29, 1.82) is 0 Å². The first kappa shape index (κ1) is 44.3. The number of aromatic nitrogens is 8. The highest BCUT2D eigenvalue weighted by Gasteiger charge is 2.47. The maximum Gasteiger partial charge on any atom is 0.410 e. The molecule has 6 aromatic rings. The van der Waals surface area contributed by atoms with Crippen molar-refractivity contribution in [3.05, 3.63) is 73.1 Å². The Balaban J connectivity index is 0.000000166. The molecule has 4 saturated heterocycles. The number of pyridine rings is 2. The maximum absolute atomic E-state index is 15.1. The van der Waals surface area contributed by atoms with E-state index in [0.717, 1.165) is 36.8 Å². The number of anilines is 2. The van der Waals surface area contributed by atoms with E-state index >= 15 is 8.78 Å². The summed E-state index contributed by atoms with van der Waals surface area (Å²) in [6, 6.07) is 7.04. The van der Waals surface area contributed by atoms with Gasteiger partial charge in [0.25, 0.3) is 0 Å². The smallest absolute Gasteiger partial charge is 0.410 e. The molecule has 18 nitrogen and oxygen atoms in total. The van der Waals surface area contributed by atoms with Crippen LogP contribution in [0.5, 0.6) is 11.8 Å². The van der Waals surface area contributed by atoms with Crippen molar-refractivity contribution in [2.45, 2.75) is 103 Å². The highest BCUT2D eigenvalue weighted by Crippen LogP contribution is 2.39. The predicted octanol–water partition coefficient (Wildman–Crippen LogP) is 7.05. The van der Waals surface area contributed by atoms with Crippen LogP contribution >= 0.6 is 0 Å². The Hall–Kier alpha value is -6.86. The van der Waals surface area contributed by atoms with Crippen molar-refractivity contribution < 1.29 is 37.3 Å². The molecule has 4 atom stereocenters. The minimum Gasteiger partial charge on any atom is -0.481 e. The second kappa shape index (κ2) is 17.2. The molecule has 0 saturated carbocycles. The summed E-state index contributed by atoms with van der Waals surface area (Å²) in [4.78, 5) is 50.8. The Kier molecular flexibility index (Phi) is 11.5. The number of carbonyl (C=O) groups excluding carboxylic acids is 2. The first-order valence-electron chi connectivity index (χ1n) is 22.1. The monoisotopic (exact) mass is 908 g/mol. The lowest BCUT2D eigenvalue weighted by atomic mass is 10.1. The third-order valence-corrected chi connectivity index (χ3v) is 12.1. The highest BCUT2D eigenvalue weighted by atomic mass is 19.1. The molecule has 10 rings (SSSR count). The third-order valence-electron chi connectivity index (χ3n) is 12.1. The van der Waals surface area contributed by atoms with Gasteiger partial charge in [-0.15, -0.1) is 0 Å². The van der Waals surface area contributed by atoms with E-state index in [9.17, 15) is 9.59 Å². The molecule has 4 aliphatic rings. The Morgan fingerprint density at radius 3 is 1.30 bits per heavy atom. The number of hydrogen-bond donors (Lipinski definition) is 0. The molecule has 0 aliphatic carbocycles. The molecular weight excluding hydrogens is 855 g/mol. The molecule has 4 bridgehead atoms. The lowest BCUT2D eigenvalue weighted by molar-refractivity contribution is 0.0111. The second-order valence-corrected chi connectivity index (χ2v) is 19.0. The summed E-state index contributed by atoms with van der Waals surface area (Å²) >= 11 is 0. The quantitative estimate of drug-likeness (QED) is 0.167. The Bertz CT molecular complexity index is 2570. The number of nitrogens with zero attached hydrogens (tertiary/aromatic N) is 12. The standard InChI is InChI=1S/2C23H27FN6O3/c2*1-23(2,3)33-22(31)30-15-5-6-16(30)12-28(11-15)20-17(24)10-26-29-13-18(27-21(20)29)14-7-8-25-19(9-14)32-4/h2*7-10,13,15-16H,5-6,11-12H2,1-4H3. The summed E-state index contributed by atoms with van der Waals surface area (Å²) in [6.45, 7) is 13.2. The summed E-state index contributed by atoms with van der Waals surface area (Å²) in [6.07, 6.45) is 12.1. The SMILES string of the molecule is COc1cc(-c2cn3ncc(F)c(N4CC5CCC(C4)N5C(=O)OC(C)(C)C)c3n2)ccn1.COc1cc(-c2cn3ncc(F)c(N4CC5CCC(C4)N5C(=O)OC(C)(C)C)c3n2)ccn1. The van der Waals surface area contributed by atoms with Gasteiger partial charge in [-0.25, -0.2) is 47.3 Å². The molecule has 0 spiro atoms. The average molecular weight is 909 g/mol. The topological polar surface area (TPSA) is 170 Å². The average Bonchev–Trinajstić information content (AvgIpc) is 4.03. The van der Waals surface area contributed by atoms with Crippen molar-refractivity contribution in [3.8, 4) is 34.3 Å². The van der Waals surface area contributed by atoms with Crippen LogP contribution in [-0.2, 0) is 9.47 Å². The van der Waals surface area contributed by atoms with Crippen LogP contribution in [-0.4, -0.2) is 137 Å². The normalized spacial score (nSPS) is 20.4. The molecule has 2 amide bonds. The first-order chi connectivity index (χ1) is 31.5. The van der Waals surface area contributed by atoms with Crippen LogP contribution in [0, 0.1) is 11.6 Å². The van der Waals surface area contributed by atoms with E-state index < -0.39 is 22.8 Å². The van der Waals surface area contributed by atoms with Gasteiger partial charge >= 0.3 is 12.2 Å². The molecular formula is C46H54F2N12O6. The predicted molar refractivity (Wildman–Crippen MR) is 240 cm³/mol. The van der Waals surface area contributed by atoms with Crippen LogP contribution in [0.3, 0.4) is 0 Å². The van der Waals surface area contributed by atoms with Gasteiger partial charge in [-0.3, -0.25) is 9.80 Å². The molecule has 4 unspecified atom stereocenters. The molecule has 0 radical (unpaired) electrons. The van der Waals surface area contributed by atoms with Crippen molar-refractivity contribution in [2.75, 3.05) is 50.2 Å². The van der Waals surface area contributed by atoms with Crippen LogP contribution < -0.4 is 19.3 Å². The number of rotatable bonds is 6. The van der Waals surface area contributed by atoms with E-state index in [-0.39, 0.29) is 36.4 Å². The van der Waals surface area contributed by atoms with Crippen LogP contribution in [0.2, 0.25) is 0 Å². The number of methoxy groups -OCH3 is 2. The summed E-state index contributed by atoms with van der Waals surface area (Å²) in [5, 5.41) is 8.37. The van der Waals surface area contributed by atoms with E-state index in [2.05, 4.69) is 20.2 Å². The first-order valence-corrected chi connectivity index (χ1v) is 22.1. The molecule has 0 N–H and O–H groups in total. The zero-order valence-corrected chi connectivity index (χ0v) is 38.3. The minimum atomic E-state index is -0.557. The summed E-state index contributed by atoms with van der Waals surface area (Å²) in [7, 11) is 3.10. The van der Waals surface area contributed by atoms with Gasteiger partial charge in [-0.2, -0.15) is 10.2 Å². The van der Waals surface area contributed by atoms with Gasteiger partial charge in [-0.1, -0.05) is 0 Å². The third kappa shape index (κ3) is 8.79. The molecule has 10 heterocycles. The van der Waals surface area contributed by atoms with Gasteiger partial charge < -0.3 is 28.7 Å². The molecule has 20 heteroatoms. The molecule has 4 aliphatic heterocycles. The Labute approximate surface area is 380 Å². The molecule has 6 aromatic heterocycles. The Morgan fingerprint density at radius 1 is 0.606 bits per heavy atom. The number of imidazole rings is 2. The number of ether oxygens (including phenoxy) is 4. The van der Waals surface area contributed by atoms with E-state index in [1.165, 1.54) is 12.4 Å². The van der Waals surface area contributed by atoms with E-state index in [1.807, 2.05) is 73.3 Å². The number of hydrogen-bond acceptors (Lipinski definition) is 14. The molecule has 348 valence electrons. The number of piperazine rings is 2. The largest absolute Gasteiger partial charge is 0.481 e. The van der Waals surface area contributed by atoms with E-state index in [4.69, 9.17) is 28.9 Å². The minimum absolute atomic E-state index is 0.0369. The summed E-state index contributed by atoms with van der Waals surface area (Å²) in [5.41, 5.74) is 3.45. The van der Waals surface area contributed by atoms with Gasteiger partial charge in [-0.05, 0) is 79.4 Å². The maximum atomic E-state index is 15.1. The highest BCUT2D eigenvalue weighted by molar-refractivity contribution is 5.77. The molecule has 0 aromatic carbocycles. The van der Waals surface area contributed by atoms with Gasteiger partial charge in [0.15, 0.2) is 22.9 Å². The van der Waals surface area contributed by atoms with Crippen molar-refractivity contribution >= 4 is 34.9 Å². The van der Waals surface area contributed by atoms with Gasteiger partial charge in [0, 0.05) is 61.8 Å². The van der Waals surface area contributed by atoms with Crippen LogP contribution in [0.25, 0.3) is 33.8 Å². The zero-order chi connectivity index (χ0) is 46.7. The van der Waals surface area contributed by atoms with Crippen LogP contribution in [0.4, 0.5) is 29.7 Å². The summed E-state index contributed by atoms with van der Waals surface area (Å²) in [5.74, 6) is 0.0756. The number of fused-ring (bicyclic) bond motifs is 6. The number of carbonyl (C=O) groups is 2. The van der Waals surface area contributed by atoms with Crippen LogP contribution in [0.1, 0.15) is 67.2 Å². The lowest BCUT2D eigenvalue weighted by Crippen LogP contribution is -2.57. The fourth-order valence-corrected chi connectivity index (χ4v) is 9.42. The number of halogens is 2. The second-order valence-electron chi connectivity index (χ2n) is 19.0. The van der Waals surface area contributed by atoms with Crippen molar-refractivity contribution in [2.24, 2.45) is 0 Å². The van der Waals surface area contributed by atoms with Gasteiger partial charge in [0.2, 0.25) is 11.8 Å². The van der Waals surface area contributed by atoms with Gasteiger partial charge in [0.1, 0.15) is 22.6 Å². The molecule has 66 heavy (non-hydrogen) atoms. The van der Waals surface area contributed by atoms with Crippen molar-refractivity contribution in [3.63, 3.8) is 0 Å². The van der Waals surface area contributed by atoms with Gasteiger partial charge in [0.05, 0.1) is 74.6 Å². The zero-order valence-electron chi connectivity index (χ0n) is 38.3. The van der Waals surface area contributed by atoms with Crippen molar-refractivity contribution in [1.82, 2.24) is 49.0 Å². The fraction of sp³-hybridized carbons (Fsp3) is 0.478.